The van der Waals surface area contributed by atoms with Crippen molar-refractivity contribution in [3.8, 4) is 0 Å². The van der Waals surface area contributed by atoms with Crippen molar-refractivity contribution < 1.29 is 9.90 Å². The zero-order valence-corrected chi connectivity index (χ0v) is 9.95. The van der Waals surface area contributed by atoms with Crippen molar-refractivity contribution in [1.82, 2.24) is 5.32 Å². The fourth-order valence-corrected chi connectivity index (χ4v) is 1.73. The quantitative estimate of drug-likeness (QED) is 0.582. The summed E-state index contributed by atoms with van der Waals surface area (Å²) < 4.78 is 0. The highest BCUT2D eigenvalue weighted by molar-refractivity contribution is 6.57. The Morgan fingerprint density at radius 2 is 2.06 bits per heavy atom. The molecule has 16 heavy (non-hydrogen) atoms. The number of rotatable bonds is 5. The zero-order valence-electron chi connectivity index (χ0n) is 9.19. The third kappa shape index (κ3) is 4.25. The van der Waals surface area contributed by atoms with Gasteiger partial charge in [0.05, 0.1) is 18.0 Å². The standard InChI is InChI=1S/C11H15BClNO2/c12-11(16)14-9(10(15)7-13)6-8-4-2-1-3-5-8/h1-5,9-10,15H,6-7,12H2,(H,14,16)/t9?,10-/m1/s1. The van der Waals surface area contributed by atoms with Crippen LogP contribution in [0.4, 0.5) is 4.79 Å². The number of carbonyl (C=O) groups is 1. The maximum Gasteiger partial charge on any atom is 0.215 e. The fraction of sp³-hybridized carbons (Fsp3) is 0.364. The highest BCUT2D eigenvalue weighted by Gasteiger charge is 2.19. The molecule has 2 N–H and O–H groups in total. The van der Waals surface area contributed by atoms with Gasteiger partial charge in [-0.15, -0.1) is 11.6 Å². The van der Waals surface area contributed by atoms with Gasteiger partial charge in [0.2, 0.25) is 7.85 Å². The van der Waals surface area contributed by atoms with E-state index in [1.165, 1.54) is 7.85 Å². The van der Waals surface area contributed by atoms with Crippen molar-refractivity contribution in [2.45, 2.75) is 18.6 Å². The Bertz CT molecular complexity index is 334. The van der Waals surface area contributed by atoms with Crippen LogP contribution in [0.1, 0.15) is 5.56 Å². The van der Waals surface area contributed by atoms with E-state index in [4.69, 9.17) is 11.6 Å². The molecule has 1 aromatic rings. The van der Waals surface area contributed by atoms with Crippen LogP contribution in [0, 0.1) is 0 Å². The molecule has 0 aliphatic heterocycles. The average molecular weight is 240 g/mol. The van der Waals surface area contributed by atoms with Gasteiger partial charge in [-0.1, -0.05) is 30.3 Å². The van der Waals surface area contributed by atoms with Crippen molar-refractivity contribution in [3.63, 3.8) is 0 Å². The number of carbonyl (C=O) groups excluding carboxylic acids is 1. The number of hydrogen-bond donors (Lipinski definition) is 2. The zero-order chi connectivity index (χ0) is 12.0. The van der Waals surface area contributed by atoms with Crippen LogP contribution >= 0.6 is 11.6 Å². The first-order valence-corrected chi connectivity index (χ1v) is 5.72. The van der Waals surface area contributed by atoms with E-state index in [0.29, 0.717) is 6.42 Å². The maximum atomic E-state index is 11.0. The number of nitrogens with one attached hydrogen (secondary N) is 1. The second-order valence-electron chi connectivity index (χ2n) is 3.72. The topological polar surface area (TPSA) is 49.3 Å². The van der Waals surface area contributed by atoms with E-state index in [1.54, 1.807) is 0 Å². The lowest BCUT2D eigenvalue weighted by Crippen LogP contribution is -2.45. The van der Waals surface area contributed by atoms with Crippen LogP contribution in [-0.2, 0) is 6.42 Å². The molecule has 3 nitrogen and oxygen atoms in total. The van der Waals surface area contributed by atoms with Gasteiger partial charge in [0.1, 0.15) is 0 Å². The Labute approximate surface area is 101 Å². The van der Waals surface area contributed by atoms with Crippen molar-refractivity contribution in [3.05, 3.63) is 35.9 Å². The van der Waals surface area contributed by atoms with Crippen LogP contribution in [-0.4, -0.2) is 36.8 Å². The van der Waals surface area contributed by atoms with Crippen LogP contribution in [0.2, 0.25) is 0 Å². The normalized spacial score (nSPS) is 14.1. The molecule has 0 aliphatic rings. The first-order chi connectivity index (χ1) is 7.63. The Balaban J connectivity index is 2.67. The van der Waals surface area contributed by atoms with E-state index in [9.17, 15) is 9.90 Å². The molecule has 0 saturated heterocycles. The Morgan fingerprint density at radius 1 is 1.44 bits per heavy atom. The van der Waals surface area contributed by atoms with Gasteiger partial charge in [-0.3, -0.25) is 4.79 Å². The number of halogens is 1. The molecule has 0 saturated carbocycles. The molecule has 1 aromatic carbocycles. The smallest absolute Gasteiger partial charge is 0.215 e. The number of aliphatic hydroxyl groups is 1. The summed E-state index contributed by atoms with van der Waals surface area (Å²) in [5, 5.41) is 12.4. The summed E-state index contributed by atoms with van der Waals surface area (Å²) in [4.78, 5) is 11.0. The van der Waals surface area contributed by atoms with Gasteiger partial charge in [-0.2, -0.15) is 0 Å². The van der Waals surface area contributed by atoms with Crippen LogP contribution in [0.3, 0.4) is 0 Å². The van der Waals surface area contributed by atoms with E-state index < -0.39 is 6.10 Å². The number of aliphatic hydroxyl groups excluding tert-OH is 1. The minimum absolute atomic E-state index is 0.109. The molecule has 0 radical (unpaired) electrons. The van der Waals surface area contributed by atoms with Gasteiger partial charge in [0, 0.05) is 0 Å². The molecule has 1 amide bonds. The lowest BCUT2D eigenvalue weighted by Gasteiger charge is -2.22. The highest BCUT2D eigenvalue weighted by atomic mass is 35.5. The SMILES string of the molecule is BC(=O)NC(Cc1ccccc1)[C@H](O)CCl. The molecule has 1 rings (SSSR count). The van der Waals surface area contributed by atoms with E-state index in [2.05, 4.69) is 5.32 Å². The van der Waals surface area contributed by atoms with Gasteiger partial charge < -0.3 is 10.4 Å². The van der Waals surface area contributed by atoms with Crippen LogP contribution < -0.4 is 5.32 Å². The maximum absolute atomic E-state index is 11.0. The summed E-state index contributed by atoms with van der Waals surface area (Å²) in [6, 6.07) is 9.35. The van der Waals surface area contributed by atoms with Gasteiger partial charge in [0.25, 0.3) is 0 Å². The van der Waals surface area contributed by atoms with Crippen LogP contribution in [0.15, 0.2) is 30.3 Å². The van der Waals surface area contributed by atoms with Crippen LogP contribution in [0.25, 0.3) is 0 Å². The first kappa shape index (κ1) is 13.1. The number of benzene rings is 1. The molecule has 0 heterocycles. The Morgan fingerprint density at radius 3 is 2.56 bits per heavy atom. The predicted molar refractivity (Wildman–Crippen MR) is 67.7 cm³/mol. The van der Waals surface area contributed by atoms with Gasteiger partial charge in [-0.05, 0) is 12.0 Å². The summed E-state index contributed by atoms with van der Waals surface area (Å²) in [5.74, 6) is -0.0530. The van der Waals surface area contributed by atoms with E-state index in [1.807, 2.05) is 30.3 Å². The summed E-state index contributed by atoms with van der Waals surface area (Å²) >= 11 is 5.60. The minimum atomic E-state index is -0.731. The molecule has 0 spiro atoms. The summed E-state index contributed by atoms with van der Waals surface area (Å²) in [5.41, 5.74) is 1.06. The summed E-state index contributed by atoms with van der Waals surface area (Å²) in [7, 11) is 1.43. The molecule has 0 fully saturated rings. The third-order valence-electron chi connectivity index (χ3n) is 2.31. The molecule has 0 aromatic heterocycles. The van der Waals surface area contributed by atoms with E-state index >= 15 is 0 Å². The predicted octanol–water partition coefficient (Wildman–Crippen LogP) is 0.540. The van der Waals surface area contributed by atoms with Crippen molar-refractivity contribution in [1.29, 1.82) is 0 Å². The molecule has 1 unspecified atom stereocenters. The van der Waals surface area contributed by atoms with Crippen molar-refractivity contribution in [2.75, 3.05) is 5.88 Å². The molecule has 86 valence electrons. The lowest BCUT2D eigenvalue weighted by atomic mass is 10.00. The summed E-state index contributed by atoms with van der Waals surface area (Å²) in [6.07, 6.45) is -0.153. The number of alkyl halides is 1. The van der Waals surface area contributed by atoms with Gasteiger partial charge in [-0.25, -0.2) is 0 Å². The van der Waals surface area contributed by atoms with Gasteiger partial charge in [0.15, 0.2) is 5.81 Å². The first-order valence-electron chi connectivity index (χ1n) is 5.18. The Kier molecular flexibility index (Phi) is 5.36. The molecular formula is C11H15BClNO2. The molecular weight excluding hydrogens is 224 g/mol. The van der Waals surface area contributed by atoms with Crippen LogP contribution in [0.5, 0.6) is 0 Å². The Hall–Kier alpha value is -0.995. The second kappa shape index (κ2) is 6.56. The van der Waals surface area contributed by atoms with E-state index in [-0.39, 0.29) is 17.7 Å². The fourth-order valence-electron chi connectivity index (χ4n) is 1.52. The van der Waals surface area contributed by atoms with Crippen molar-refractivity contribution in [2.24, 2.45) is 0 Å². The lowest BCUT2D eigenvalue weighted by molar-refractivity contribution is 0.151. The molecule has 2 atom stereocenters. The largest absolute Gasteiger partial charge is 0.390 e. The molecule has 0 aliphatic carbocycles. The molecule has 0 bridgehead atoms. The van der Waals surface area contributed by atoms with E-state index in [0.717, 1.165) is 5.56 Å². The third-order valence-corrected chi connectivity index (χ3v) is 2.63. The molecule has 5 heteroatoms. The highest BCUT2D eigenvalue weighted by Crippen LogP contribution is 2.07. The number of amides is 1. The van der Waals surface area contributed by atoms with Gasteiger partial charge >= 0.3 is 0 Å². The summed E-state index contributed by atoms with van der Waals surface area (Å²) in [6.45, 7) is 0. The second-order valence-corrected chi connectivity index (χ2v) is 4.03. The monoisotopic (exact) mass is 239 g/mol. The minimum Gasteiger partial charge on any atom is -0.390 e. The number of hydrogen-bond acceptors (Lipinski definition) is 2. The van der Waals surface area contributed by atoms with Crippen molar-refractivity contribution >= 4 is 25.3 Å². The average Bonchev–Trinajstić information content (AvgIpc) is 2.28.